The van der Waals surface area contributed by atoms with Crippen molar-refractivity contribution >= 4 is 29.2 Å². The lowest BCUT2D eigenvalue weighted by molar-refractivity contribution is 0.586. The fourth-order valence-corrected chi connectivity index (χ4v) is 13.0. The van der Waals surface area contributed by atoms with E-state index in [-0.39, 0.29) is 10.8 Å². The Kier molecular flexibility index (Phi) is 12.2. The van der Waals surface area contributed by atoms with Gasteiger partial charge < -0.3 is 4.90 Å². The first-order chi connectivity index (χ1) is 38.4. The first kappa shape index (κ1) is 49.5. The van der Waals surface area contributed by atoms with Crippen LogP contribution >= 0.6 is 0 Å². The zero-order valence-corrected chi connectivity index (χ0v) is 46.1. The summed E-state index contributed by atoms with van der Waals surface area (Å²) >= 11 is 0. The third kappa shape index (κ3) is 8.39. The molecule has 2 aliphatic rings. The van der Waals surface area contributed by atoms with E-state index >= 15 is 0 Å². The van der Waals surface area contributed by atoms with Crippen LogP contribution in [0.1, 0.15) is 108 Å². The molecule has 0 heterocycles. The normalized spacial score (nSPS) is 13.2. The zero-order chi connectivity index (χ0) is 53.9. The van der Waals surface area contributed by atoms with Crippen LogP contribution in [0.2, 0.25) is 0 Å². The number of benzene rings is 11. The van der Waals surface area contributed by atoms with E-state index in [0.717, 1.165) is 22.6 Å². The van der Waals surface area contributed by atoms with E-state index in [1.54, 1.807) is 0 Å². The summed E-state index contributed by atoms with van der Waals surface area (Å²) < 4.78 is 0. The van der Waals surface area contributed by atoms with Gasteiger partial charge in [-0.15, -0.1) is 0 Å². The van der Waals surface area contributed by atoms with E-state index in [9.17, 15) is 0 Å². The van der Waals surface area contributed by atoms with Gasteiger partial charge in [0.15, 0.2) is 0 Å². The Morgan fingerprint density at radius 3 is 1.06 bits per heavy atom. The van der Waals surface area contributed by atoms with Gasteiger partial charge in [-0.05, 0) is 160 Å². The summed E-state index contributed by atoms with van der Waals surface area (Å²) in [5, 5.41) is 0. The van der Waals surface area contributed by atoms with Crippen molar-refractivity contribution in [2.75, 3.05) is 4.90 Å². The van der Waals surface area contributed by atoms with Crippen molar-refractivity contribution < 1.29 is 0 Å². The standard InChI is InChI=1S/C78H65N/c1-75(2,3)62-42-48-69-70-49-43-63(76(4,5)6)53-74(70)78(73(69)52-62)71-50-55(33-32-54-34-44-66(45-35-54)79(64-28-18-10-19-29-64)65-30-20-11-21-31-65)36-46-67(71)68-47-39-57(51-72(68)78)56-37-40-61(41-38-56)77(58-22-12-7-13-23-58,59-24-14-8-15-25-59)60-26-16-9-17-27-60/h7-53H,1-6H3/b33-32+. The summed E-state index contributed by atoms with van der Waals surface area (Å²) in [5.74, 6) is 0. The maximum Gasteiger partial charge on any atom is 0.0726 e. The molecule has 11 aromatic rings. The van der Waals surface area contributed by atoms with E-state index in [2.05, 4.69) is 332 Å². The molecule has 0 saturated heterocycles. The summed E-state index contributed by atoms with van der Waals surface area (Å²) in [6, 6.07) is 102. The molecule has 0 aromatic heterocycles. The summed E-state index contributed by atoms with van der Waals surface area (Å²) in [6.07, 6.45) is 4.57. The molecule has 0 saturated carbocycles. The van der Waals surface area contributed by atoms with E-state index in [1.807, 2.05) is 0 Å². The zero-order valence-electron chi connectivity index (χ0n) is 46.1. The molecule has 382 valence electrons. The molecule has 2 aliphatic carbocycles. The lowest BCUT2D eigenvalue weighted by Gasteiger charge is -2.37. The van der Waals surface area contributed by atoms with Crippen LogP contribution in [0, 0.1) is 0 Å². The van der Waals surface area contributed by atoms with Crippen molar-refractivity contribution in [3.63, 3.8) is 0 Å². The van der Waals surface area contributed by atoms with E-state index in [1.165, 1.54) is 94.6 Å². The number of para-hydroxylation sites is 2. The van der Waals surface area contributed by atoms with Crippen molar-refractivity contribution in [1.82, 2.24) is 0 Å². The highest BCUT2D eigenvalue weighted by Crippen LogP contribution is 2.64. The van der Waals surface area contributed by atoms with Gasteiger partial charge >= 0.3 is 0 Å². The van der Waals surface area contributed by atoms with Gasteiger partial charge in [-0.25, -0.2) is 0 Å². The van der Waals surface area contributed by atoms with Crippen LogP contribution in [0.5, 0.6) is 0 Å². The summed E-state index contributed by atoms with van der Waals surface area (Å²) in [7, 11) is 0. The van der Waals surface area contributed by atoms with Gasteiger partial charge in [0.1, 0.15) is 0 Å². The predicted molar refractivity (Wildman–Crippen MR) is 334 cm³/mol. The Morgan fingerprint density at radius 1 is 0.278 bits per heavy atom. The van der Waals surface area contributed by atoms with Gasteiger partial charge in [-0.3, -0.25) is 0 Å². The molecule has 11 aromatic carbocycles. The molecule has 0 amide bonds. The van der Waals surface area contributed by atoms with Gasteiger partial charge in [-0.2, -0.15) is 0 Å². The molecule has 0 atom stereocenters. The highest BCUT2D eigenvalue weighted by Gasteiger charge is 2.52. The molecule has 0 bridgehead atoms. The average molecular weight is 1020 g/mol. The van der Waals surface area contributed by atoms with Gasteiger partial charge in [0.2, 0.25) is 0 Å². The topological polar surface area (TPSA) is 3.24 Å². The van der Waals surface area contributed by atoms with Crippen LogP contribution in [-0.2, 0) is 21.7 Å². The molecule has 13 rings (SSSR count). The fraction of sp³-hybridized carbons (Fsp3) is 0.128. The van der Waals surface area contributed by atoms with E-state index < -0.39 is 10.8 Å². The van der Waals surface area contributed by atoms with E-state index in [0.29, 0.717) is 0 Å². The van der Waals surface area contributed by atoms with Crippen LogP contribution in [0.15, 0.2) is 273 Å². The minimum absolute atomic E-state index is 0.0523. The second-order valence-corrected chi connectivity index (χ2v) is 23.7. The molecule has 0 N–H and O–H groups in total. The number of fused-ring (bicyclic) bond motifs is 10. The SMILES string of the molecule is CC(C)(C)c1ccc2c(c1)C1(c3cc(/C=C/c4ccc(N(c5ccccc5)c5ccccc5)cc4)ccc3-c3ccc(-c4ccc(C(c5ccccc5)(c5ccccc5)c5ccccc5)cc4)cc31)c1cc(C(C)(C)C)ccc1-2. The first-order valence-electron chi connectivity index (χ1n) is 28.0. The largest absolute Gasteiger partial charge is 0.311 e. The van der Waals surface area contributed by atoms with Crippen LogP contribution in [0.3, 0.4) is 0 Å². The molecule has 1 nitrogen and oxygen atoms in total. The van der Waals surface area contributed by atoms with Crippen molar-refractivity contribution in [2.24, 2.45) is 0 Å². The van der Waals surface area contributed by atoms with Crippen molar-refractivity contribution in [2.45, 2.75) is 63.2 Å². The molecule has 79 heavy (non-hydrogen) atoms. The third-order valence-corrected chi connectivity index (χ3v) is 17.0. The maximum atomic E-state index is 2.56. The smallest absolute Gasteiger partial charge is 0.0726 e. The molecule has 1 heteroatoms. The Balaban J connectivity index is 0.964. The molecule has 0 unspecified atom stereocenters. The van der Waals surface area contributed by atoms with Gasteiger partial charge in [0, 0.05) is 17.1 Å². The van der Waals surface area contributed by atoms with Crippen molar-refractivity contribution in [1.29, 1.82) is 0 Å². The Bertz CT molecular complexity index is 3830. The third-order valence-electron chi connectivity index (χ3n) is 17.0. The molecular formula is C78H65N. The molecule has 0 aliphatic heterocycles. The maximum absolute atomic E-state index is 2.56. The first-order valence-corrected chi connectivity index (χ1v) is 28.0. The molecular weight excluding hydrogens is 951 g/mol. The van der Waals surface area contributed by atoms with Crippen LogP contribution in [-0.4, -0.2) is 0 Å². The minimum atomic E-state index is -0.569. The van der Waals surface area contributed by atoms with Crippen LogP contribution in [0.4, 0.5) is 17.1 Å². The van der Waals surface area contributed by atoms with Gasteiger partial charge in [0.05, 0.1) is 10.8 Å². The minimum Gasteiger partial charge on any atom is -0.311 e. The highest BCUT2D eigenvalue weighted by molar-refractivity contribution is 5.97. The quantitative estimate of drug-likeness (QED) is 0.0975. The van der Waals surface area contributed by atoms with E-state index in [4.69, 9.17) is 0 Å². The average Bonchev–Trinajstić information content (AvgIpc) is 2.63. The fourth-order valence-electron chi connectivity index (χ4n) is 13.0. The van der Waals surface area contributed by atoms with Crippen molar-refractivity contribution in [3.05, 3.63) is 340 Å². The predicted octanol–water partition coefficient (Wildman–Crippen LogP) is 20.3. The molecule has 1 spiro atoms. The highest BCUT2D eigenvalue weighted by atomic mass is 15.1. The lowest BCUT2D eigenvalue weighted by Crippen LogP contribution is -2.30. The Hall–Kier alpha value is -9.04. The number of anilines is 3. The second kappa shape index (κ2) is 19.5. The number of rotatable bonds is 10. The van der Waals surface area contributed by atoms with Crippen LogP contribution < -0.4 is 4.90 Å². The Labute approximate surface area is 467 Å². The summed E-state index contributed by atoms with van der Waals surface area (Å²) in [4.78, 5) is 2.31. The van der Waals surface area contributed by atoms with Gasteiger partial charge in [0.25, 0.3) is 0 Å². The summed E-state index contributed by atoms with van der Waals surface area (Å²) in [5.41, 5.74) is 25.1. The lowest BCUT2D eigenvalue weighted by atomic mass is 9.65. The van der Waals surface area contributed by atoms with Crippen molar-refractivity contribution in [3.8, 4) is 33.4 Å². The molecule has 0 fully saturated rings. The second-order valence-electron chi connectivity index (χ2n) is 23.7. The number of nitrogens with zero attached hydrogens (tertiary/aromatic N) is 1. The summed E-state index contributed by atoms with van der Waals surface area (Å²) in [6.45, 7) is 14.1. The Morgan fingerprint density at radius 2 is 0.608 bits per heavy atom. The number of hydrogen-bond acceptors (Lipinski definition) is 1. The number of hydrogen-bond donors (Lipinski definition) is 0. The van der Waals surface area contributed by atoms with Gasteiger partial charge in [-0.1, -0.05) is 278 Å². The molecule has 0 radical (unpaired) electrons. The van der Waals surface area contributed by atoms with Crippen LogP contribution in [0.25, 0.3) is 45.5 Å². The monoisotopic (exact) mass is 1020 g/mol.